The Hall–Kier alpha value is -2.24. The zero-order valence-electron chi connectivity index (χ0n) is 18.3. The van der Waals surface area contributed by atoms with Gasteiger partial charge in [-0.25, -0.2) is 0 Å². The predicted octanol–water partition coefficient (Wildman–Crippen LogP) is 3.17. The largest absolute Gasteiger partial charge is 0.355 e. The summed E-state index contributed by atoms with van der Waals surface area (Å²) >= 11 is 0. The topological polar surface area (TPSA) is 48.5 Å². The smallest absolute Gasteiger partial charge is 0.220 e. The third kappa shape index (κ3) is 4.73. The van der Waals surface area contributed by atoms with E-state index < -0.39 is 0 Å². The second kappa shape index (κ2) is 9.27. The van der Waals surface area contributed by atoms with Crippen molar-refractivity contribution in [2.75, 3.05) is 40.3 Å². The van der Waals surface area contributed by atoms with Gasteiger partial charge in [-0.05, 0) is 80.5 Å². The van der Waals surface area contributed by atoms with Crippen LogP contribution in [0.1, 0.15) is 48.3 Å². The molecule has 1 atom stereocenters. The van der Waals surface area contributed by atoms with Crippen LogP contribution in [-0.2, 0) is 16.8 Å². The Morgan fingerprint density at radius 3 is 2.73 bits per heavy atom. The normalized spacial score (nSPS) is 20.4. The number of rotatable bonds is 7. The highest BCUT2D eigenvalue weighted by atomic mass is 16.1. The first-order valence-electron chi connectivity index (χ1n) is 11.2. The fourth-order valence-corrected chi connectivity index (χ4v) is 5.29. The van der Waals surface area contributed by atoms with Crippen molar-refractivity contribution in [3.8, 4) is 0 Å². The van der Waals surface area contributed by atoms with Gasteiger partial charge in [0, 0.05) is 38.4 Å². The molecule has 1 fully saturated rings. The van der Waals surface area contributed by atoms with Gasteiger partial charge in [0.05, 0.1) is 0 Å². The summed E-state index contributed by atoms with van der Waals surface area (Å²) in [6, 6.07) is 13.0. The zero-order chi connectivity index (χ0) is 21.0. The van der Waals surface area contributed by atoms with Crippen molar-refractivity contribution >= 4 is 5.91 Å². The lowest BCUT2D eigenvalue weighted by Crippen LogP contribution is -2.41. The first-order valence-corrected chi connectivity index (χ1v) is 11.2. The van der Waals surface area contributed by atoms with Gasteiger partial charge in [-0.3, -0.25) is 14.7 Å². The fraction of sp³-hybridized carbons (Fsp3) is 0.520. The van der Waals surface area contributed by atoms with Crippen molar-refractivity contribution < 1.29 is 4.79 Å². The van der Waals surface area contributed by atoms with Crippen LogP contribution >= 0.6 is 0 Å². The average Bonchev–Trinajstić information content (AvgIpc) is 3.04. The Bertz CT molecular complexity index is 843. The van der Waals surface area contributed by atoms with Gasteiger partial charge in [0.15, 0.2) is 0 Å². The molecule has 30 heavy (non-hydrogen) atoms. The Balaban J connectivity index is 1.39. The molecule has 0 unspecified atom stereocenters. The van der Waals surface area contributed by atoms with Gasteiger partial charge >= 0.3 is 0 Å². The van der Waals surface area contributed by atoms with Crippen LogP contribution in [-0.4, -0.2) is 61.0 Å². The van der Waals surface area contributed by atoms with E-state index in [4.69, 9.17) is 0 Å². The van der Waals surface area contributed by atoms with Crippen LogP contribution in [0.2, 0.25) is 0 Å². The Labute approximate surface area is 180 Å². The summed E-state index contributed by atoms with van der Waals surface area (Å²) in [5.74, 6) is 0.521. The minimum Gasteiger partial charge on any atom is -0.355 e. The second-order valence-electron chi connectivity index (χ2n) is 9.26. The molecule has 4 rings (SSSR count). The first-order chi connectivity index (χ1) is 14.6. The number of amides is 1. The molecule has 160 valence electrons. The van der Waals surface area contributed by atoms with Gasteiger partial charge in [0.1, 0.15) is 0 Å². The van der Waals surface area contributed by atoms with Crippen molar-refractivity contribution in [2.24, 2.45) is 0 Å². The first kappa shape index (κ1) is 21.0. The highest BCUT2D eigenvalue weighted by Gasteiger charge is 2.45. The van der Waals surface area contributed by atoms with Gasteiger partial charge in [-0.15, -0.1) is 0 Å². The molecule has 5 heteroatoms. The summed E-state index contributed by atoms with van der Waals surface area (Å²) < 4.78 is 0. The number of piperidine rings is 1. The summed E-state index contributed by atoms with van der Waals surface area (Å²) in [7, 11) is 4.06. The number of benzene rings is 1. The van der Waals surface area contributed by atoms with Crippen molar-refractivity contribution in [3.63, 3.8) is 0 Å². The molecule has 1 saturated heterocycles. The molecule has 1 aromatic heterocycles. The molecule has 0 saturated carbocycles. The molecule has 5 nitrogen and oxygen atoms in total. The lowest BCUT2D eigenvalue weighted by atomic mass is 9.73. The third-order valence-electron chi connectivity index (χ3n) is 6.86. The Kier molecular flexibility index (Phi) is 6.49. The number of nitrogens with zero attached hydrogens (tertiary/aromatic N) is 3. The van der Waals surface area contributed by atoms with Crippen LogP contribution in [0.15, 0.2) is 48.8 Å². The molecule has 1 aromatic carbocycles. The Morgan fingerprint density at radius 2 is 2.00 bits per heavy atom. The van der Waals surface area contributed by atoms with E-state index in [9.17, 15) is 4.79 Å². The minimum absolute atomic E-state index is 0.183. The van der Waals surface area contributed by atoms with Crippen LogP contribution in [0, 0.1) is 0 Å². The molecule has 1 aliphatic carbocycles. The van der Waals surface area contributed by atoms with Crippen molar-refractivity contribution in [1.82, 2.24) is 20.1 Å². The molecule has 1 amide bonds. The van der Waals surface area contributed by atoms with Gasteiger partial charge in [-0.2, -0.15) is 0 Å². The van der Waals surface area contributed by atoms with Gasteiger partial charge in [0.2, 0.25) is 5.91 Å². The molecule has 1 N–H and O–H groups in total. The van der Waals surface area contributed by atoms with Gasteiger partial charge < -0.3 is 10.2 Å². The maximum atomic E-state index is 12.6. The van der Waals surface area contributed by atoms with Crippen LogP contribution in [0.4, 0.5) is 0 Å². The van der Waals surface area contributed by atoms with E-state index in [0.717, 1.165) is 32.6 Å². The lowest BCUT2D eigenvalue weighted by Gasteiger charge is -2.40. The fourth-order valence-electron chi connectivity index (χ4n) is 5.29. The van der Waals surface area contributed by atoms with Crippen molar-refractivity contribution in [1.29, 1.82) is 0 Å². The van der Waals surface area contributed by atoms with Crippen molar-refractivity contribution in [3.05, 3.63) is 65.5 Å². The van der Waals surface area contributed by atoms with E-state index >= 15 is 0 Å². The maximum absolute atomic E-state index is 12.6. The molecule has 1 spiro atoms. The number of pyridine rings is 1. The van der Waals surface area contributed by atoms with E-state index in [0.29, 0.717) is 18.9 Å². The second-order valence-corrected chi connectivity index (χ2v) is 9.26. The number of hydrogen-bond acceptors (Lipinski definition) is 4. The summed E-state index contributed by atoms with van der Waals surface area (Å²) in [6.07, 6.45) is 7.85. The van der Waals surface area contributed by atoms with E-state index in [-0.39, 0.29) is 11.3 Å². The number of nitrogens with one attached hydrogen (secondary N) is 1. The number of fused-ring (bicyclic) bond motifs is 2. The third-order valence-corrected chi connectivity index (χ3v) is 6.86. The molecule has 0 bridgehead atoms. The van der Waals surface area contributed by atoms with Crippen LogP contribution in [0.3, 0.4) is 0 Å². The number of hydrogen-bond donors (Lipinski definition) is 1. The number of likely N-dealkylation sites (N-methyl/N-ethyl adjacent to an activating group) is 1. The molecule has 2 aromatic rings. The van der Waals surface area contributed by atoms with E-state index in [2.05, 4.69) is 50.4 Å². The monoisotopic (exact) mass is 406 g/mol. The van der Waals surface area contributed by atoms with Gasteiger partial charge in [0.25, 0.3) is 0 Å². The van der Waals surface area contributed by atoms with Crippen molar-refractivity contribution in [2.45, 2.75) is 43.6 Å². The molecule has 0 radical (unpaired) electrons. The SMILES string of the molecule is CN(C)CCNC(=O)C[C@@H]1CC2(CCN(Cc3cccnc3)CC2)c2ccccc21. The number of carbonyl (C=O) groups excluding carboxylic acids is 1. The zero-order valence-corrected chi connectivity index (χ0v) is 18.3. The number of likely N-dealkylation sites (tertiary alicyclic amines) is 1. The summed E-state index contributed by atoms with van der Waals surface area (Å²) in [6.45, 7) is 4.78. The average molecular weight is 407 g/mol. The summed E-state index contributed by atoms with van der Waals surface area (Å²) in [5, 5.41) is 3.10. The highest BCUT2D eigenvalue weighted by Crippen LogP contribution is 2.52. The standard InChI is InChI=1S/C25H34N4O/c1-28(2)15-12-27-24(30)16-21-17-25(23-8-4-3-7-22(21)23)9-13-29(14-10-25)19-20-6-5-11-26-18-20/h3-8,11,18,21H,9-10,12-17,19H2,1-2H3,(H,27,30)/t21-/m1/s1. The molecule has 2 heterocycles. The highest BCUT2D eigenvalue weighted by molar-refractivity contribution is 5.77. The molecular weight excluding hydrogens is 372 g/mol. The predicted molar refractivity (Wildman–Crippen MR) is 120 cm³/mol. The van der Waals surface area contributed by atoms with E-state index in [1.165, 1.54) is 29.5 Å². The number of carbonyl (C=O) groups is 1. The summed E-state index contributed by atoms with van der Waals surface area (Å²) in [5.41, 5.74) is 4.42. The van der Waals surface area contributed by atoms with E-state index in [1.807, 2.05) is 32.6 Å². The lowest BCUT2D eigenvalue weighted by molar-refractivity contribution is -0.121. The van der Waals surface area contributed by atoms with Gasteiger partial charge in [-0.1, -0.05) is 30.3 Å². The molecule has 1 aliphatic heterocycles. The quantitative estimate of drug-likeness (QED) is 0.767. The van der Waals surface area contributed by atoms with E-state index in [1.54, 1.807) is 0 Å². The molecular formula is C25H34N4O. The maximum Gasteiger partial charge on any atom is 0.220 e. The van der Waals surface area contributed by atoms with Crippen LogP contribution in [0.25, 0.3) is 0 Å². The Morgan fingerprint density at radius 1 is 1.20 bits per heavy atom. The number of aromatic nitrogens is 1. The van der Waals surface area contributed by atoms with Crippen LogP contribution in [0.5, 0.6) is 0 Å². The summed E-state index contributed by atoms with van der Waals surface area (Å²) in [4.78, 5) is 21.5. The minimum atomic E-state index is 0.183. The molecule has 2 aliphatic rings. The van der Waals surface area contributed by atoms with Crippen LogP contribution < -0.4 is 5.32 Å².